The second-order valence-electron chi connectivity index (χ2n) is 6.07. The molecule has 8 heteroatoms. The quantitative estimate of drug-likeness (QED) is 0.860. The van der Waals surface area contributed by atoms with Crippen LogP contribution in [0, 0.1) is 20.8 Å². The lowest BCUT2D eigenvalue weighted by molar-refractivity contribution is 0.238. The van der Waals surface area contributed by atoms with Crippen LogP contribution in [0.1, 0.15) is 16.7 Å². The Kier molecular flexibility index (Phi) is 5.66. The summed E-state index contributed by atoms with van der Waals surface area (Å²) in [5, 5.41) is 4.61. The van der Waals surface area contributed by atoms with E-state index in [0.717, 1.165) is 22.9 Å². The molecule has 4 amide bonds. The average Bonchev–Trinajstić information content (AvgIpc) is 2.51. The lowest BCUT2D eigenvalue weighted by atomic mass is 10.1. The Balaban J connectivity index is 2.20. The number of carbonyl (C=O) groups excluding carboxylic acids is 2. The van der Waals surface area contributed by atoms with Gasteiger partial charge < -0.3 is 5.32 Å². The largest absolute Gasteiger partial charge is 0.343 e. The molecule has 7 nitrogen and oxygen atoms in total. The fourth-order valence-corrected chi connectivity index (χ4v) is 3.16. The van der Waals surface area contributed by atoms with Crippen molar-refractivity contribution in [3.05, 3.63) is 59.2 Å². The predicted octanol–water partition coefficient (Wildman–Crippen LogP) is 3.32. The first-order valence-electron chi connectivity index (χ1n) is 7.84. The van der Waals surface area contributed by atoms with Crippen LogP contribution in [0.2, 0.25) is 0 Å². The predicted molar refractivity (Wildman–Crippen MR) is 102 cm³/mol. The second-order valence-corrected chi connectivity index (χ2v) is 7.90. The van der Waals surface area contributed by atoms with Crippen LogP contribution in [0.5, 0.6) is 0 Å². The molecular weight excluding hydrogens is 354 g/mol. The maximum atomic E-state index is 12.4. The van der Waals surface area contributed by atoms with E-state index >= 15 is 0 Å². The zero-order valence-electron chi connectivity index (χ0n) is 15.0. The van der Waals surface area contributed by atoms with Crippen molar-refractivity contribution in [3.63, 3.8) is 0 Å². The molecule has 2 aromatic rings. The van der Waals surface area contributed by atoms with Crippen LogP contribution in [0.4, 0.5) is 21.0 Å². The summed E-state index contributed by atoms with van der Waals surface area (Å²) in [5.74, 6) is 0. The topological polar surface area (TPSA) is 95.6 Å². The molecule has 0 radical (unpaired) electrons. The van der Waals surface area contributed by atoms with Crippen LogP contribution in [0.15, 0.2) is 42.5 Å². The maximum absolute atomic E-state index is 12.4. The van der Waals surface area contributed by atoms with Gasteiger partial charge in [0.15, 0.2) is 0 Å². The number of rotatable bonds is 3. The van der Waals surface area contributed by atoms with Gasteiger partial charge in [-0.05, 0) is 50.1 Å². The first-order valence-corrected chi connectivity index (χ1v) is 9.69. The van der Waals surface area contributed by atoms with Crippen LogP contribution in [-0.4, -0.2) is 26.7 Å². The number of nitrogens with zero attached hydrogens (tertiary/aromatic N) is 1. The summed E-state index contributed by atoms with van der Waals surface area (Å²) in [4.78, 5) is 24.5. The second kappa shape index (κ2) is 7.57. The van der Waals surface area contributed by atoms with Crippen molar-refractivity contribution >= 4 is 33.5 Å². The van der Waals surface area contributed by atoms with Crippen molar-refractivity contribution < 1.29 is 18.0 Å². The third-order valence-electron chi connectivity index (χ3n) is 3.65. The van der Waals surface area contributed by atoms with E-state index in [1.54, 1.807) is 18.2 Å². The summed E-state index contributed by atoms with van der Waals surface area (Å²) in [7, 11) is -3.92. The molecule has 0 unspecified atom stereocenters. The van der Waals surface area contributed by atoms with E-state index < -0.39 is 22.1 Å². The molecule has 0 saturated carbocycles. The van der Waals surface area contributed by atoms with Crippen molar-refractivity contribution in [1.29, 1.82) is 0 Å². The van der Waals surface area contributed by atoms with E-state index in [1.165, 1.54) is 12.1 Å². The lowest BCUT2D eigenvalue weighted by Gasteiger charge is -2.20. The highest BCUT2D eigenvalue weighted by atomic mass is 32.2. The molecule has 0 aromatic heterocycles. The van der Waals surface area contributed by atoms with Gasteiger partial charge in [0, 0.05) is 5.69 Å². The van der Waals surface area contributed by atoms with Crippen LogP contribution in [-0.2, 0) is 10.0 Å². The number of hydrogen-bond acceptors (Lipinski definition) is 4. The van der Waals surface area contributed by atoms with Crippen molar-refractivity contribution in [2.45, 2.75) is 20.8 Å². The smallest absolute Gasteiger partial charge is 0.307 e. The molecule has 2 rings (SSSR count). The van der Waals surface area contributed by atoms with E-state index in [9.17, 15) is 18.0 Å². The highest BCUT2D eigenvalue weighted by Gasteiger charge is 2.26. The third kappa shape index (κ3) is 4.82. The Hall–Kier alpha value is -2.87. The number of aryl methyl sites for hydroxylation is 3. The standard InChI is InChI=1S/C18H21N3O4S/c1-12-6-9-15(10-7-12)21(26(4,24)25)18(23)20-17(22)19-16-11-13(2)5-8-14(16)3/h5-11H,1-4H3,(H2,19,20,22,23). The fraction of sp³-hybridized carbons (Fsp3) is 0.222. The molecule has 26 heavy (non-hydrogen) atoms. The number of nitrogens with one attached hydrogen (secondary N) is 2. The molecule has 0 fully saturated rings. The van der Waals surface area contributed by atoms with E-state index in [1.807, 2.05) is 32.9 Å². The van der Waals surface area contributed by atoms with Gasteiger partial charge in [0.2, 0.25) is 10.0 Å². The molecule has 0 aliphatic rings. The molecule has 138 valence electrons. The SMILES string of the molecule is Cc1ccc(N(C(=O)NC(=O)Nc2cc(C)ccc2C)S(C)(=O)=O)cc1. The zero-order chi connectivity index (χ0) is 19.5. The highest BCUT2D eigenvalue weighted by molar-refractivity contribution is 7.92. The molecule has 2 N–H and O–H groups in total. The Morgan fingerprint density at radius 3 is 2.08 bits per heavy atom. The first-order chi connectivity index (χ1) is 12.1. The van der Waals surface area contributed by atoms with Crippen LogP contribution in [0.25, 0.3) is 0 Å². The van der Waals surface area contributed by atoms with Crippen LogP contribution < -0.4 is 14.9 Å². The van der Waals surface area contributed by atoms with Gasteiger partial charge in [0.1, 0.15) is 0 Å². The van der Waals surface area contributed by atoms with E-state index in [4.69, 9.17) is 0 Å². The van der Waals surface area contributed by atoms with E-state index in [-0.39, 0.29) is 5.69 Å². The molecule has 2 aromatic carbocycles. The van der Waals surface area contributed by atoms with Gasteiger partial charge in [0.05, 0.1) is 11.9 Å². The minimum Gasteiger partial charge on any atom is -0.307 e. The average molecular weight is 375 g/mol. The number of anilines is 2. The first kappa shape index (κ1) is 19.5. The number of hydrogen-bond donors (Lipinski definition) is 2. The van der Waals surface area contributed by atoms with Crippen LogP contribution in [0.3, 0.4) is 0 Å². The van der Waals surface area contributed by atoms with Gasteiger partial charge in [-0.1, -0.05) is 29.8 Å². The molecule has 0 aliphatic heterocycles. The number of urea groups is 2. The minimum atomic E-state index is -3.92. The van der Waals surface area contributed by atoms with E-state index in [0.29, 0.717) is 9.99 Å². The minimum absolute atomic E-state index is 0.148. The Bertz CT molecular complexity index is 937. The highest BCUT2D eigenvalue weighted by Crippen LogP contribution is 2.19. The molecule has 0 bridgehead atoms. The monoisotopic (exact) mass is 375 g/mol. The normalized spacial score (nSPS) is 10.9. The maximum Gasteiger partial charge on any atom is 0.343 e. The lowest BCUT2D eigenvalue weighted by Crippen LogP contribution is -2.47. The fourth-order valence-electron chi connectivity index (χ4n) is 2.31. The Morgan fingerprint density at radius 2 is 1.50 bits per heavy atom. The van der Waals surface area contributed by atoms with Gasteiger partial charge >= 0.3 is 12.1 Å². The van der Waals surface area contributed by atoms with Crippen molar-refractivity contribution in [2.24, 2.45) is 0 Å². The molecular formula is C18H21N3O4S. The van der Waals surface area contributed by atoms with Gasteiger partial charge in [-0.25, -0.2) is 18.0 Å². The van der Waals surface area contributed by atoms with Gasteiger partial charge in [-0.15, -0.1) is 0 Å². The van der Waals surface area contributed by atoms with Crippen molar-refractivity contribution in [1.82, 2.24) is 5.32 Å². The molecule has 0 aliphatic carbocycles. The van der Waals surface area contributed by atoms with Crippen LogP contribution >= 0.6 is 0 Å². The number of imide groups is 1. The summed E-state index contributed by atoms with van der Waals surface area (Å²) in [6, 6.07) is 9.97. The van der Waals surface area contributed by atoms with E-state index in [2.05, 4.69) is 10.6 Å². The number of sulfonamides is 1. The summed E-state index contributed by atoms with van der Waals surface area (Å²) in [6.07, 6.45) is 0.898. The van der Waals surface area contributed by atoms with Crippen molar-refractivity contribution in [2.75, 3.05) is 15.9 Å². The summed E-state index contributed by atoms with van der Waals surface area (Å²) in [5.41, 5.74) is 3.35. The van der Waals surface area contributed by atoms with Gasteiger partial charge in [0.25, 0.3) is 0 Å². The number of amides is 4. The summed E-state index contributed by atoms with van der Waals surface area (Å²) in [6.45, 7) is 5.52. The Labute approximate surface area is 153 Å². The number of carbonyl (C=O) groups is 2. The molecule has 0 spiro atoms. The molecule has 0 saturated heterocycles. The molecule has 0 atom stereocenters. The van der Waals surface area contributed by atoms with Crippen molar-refractivity contribution in [3.8, 4) is 0 Å². The van der Waals surface area contributed by atoms with Gasteiger partial charge in [-0.3, -0.25) is 5.32 Å². The third-order valence-corrected chi connectivity index (χ3v) is 4.69. The molecule has 0 heterocycles. The van der Waals surface area contributed by atoms with Gasteiger partial charge in [-0.2, -0.15) is 4.31 Å². The summed E-state index contributed by atoms with van der Waals surface area (Å²) >= 11 is 0. The number of benzene rings is 2. The zero-order valence-corrected chi connectivity index (χ0v) is 15.8. The Morgan fingerprint density at radius 1 is 0.923 bits per heavy atom. The summed E-state index contributed by atoms with van der Waals surface area (Å²) < 4.78 is 24.6.